The molecule has 3 nitrogen and oxygen atoms in total. The SMILES string of the molecule is CC(C)(C)CCn1nccn1. The van der Waals surface area contributed by atoms with Crippen molar-refractivity contribution in [1.82, 2.24) is 15.0 Å². The van der Waals surface area contributed by atoms with E-state index in [0.29, 0.717) is 5.41 Å². The number of hydrogen-bond acceptors (Lipinski definition) is 2. The van der Waals surface area contributed by atoms with Crippen LogP contribution >= 0.6 is 0 Å². The highest BCUT2D eigenvalue weighted by atomic mass is 15.5. The second-order valence-corrected chi connectivity index (χ2v) is 3.94. The summed E-state index contributed by atoms with van der Waals surface area (Å²) >= 11 is 0. The van der Waals surface area contributed by atoms with E-state index in [1.807, 2.05) is 0 Å². The molecule has 0 bridgehead atoms. The summed E-state index contributed by atoms with van der Waals surface area (Å²) in [6.07, 6.45) is 4.53. The highest BCUT2D eigenvalue weighted by molar-refractivity contribution is 4.63. The predicted octanol–water partition coefficient (Wildman–Crippen LogP) is 1.71. The molecule has 0 saturated heterocycles. The van der Waals surface area contributed by atoms with E-state index in [2.05, 4.69) is 31.0 Å². The lowest BCUT2D eigenvalue weighted by molar-refractivity contribution is 0.328. The fourth-order valence-corrected chi connectivity index (χ4v) is 0.794. The average molecular weight is 153 g/mol. The van der Waals surface area contributed by atoms with Crippen molar-refractivity contribution in [3.63, 3.8) is 0 Å². The van der Waals surface area contributed by atoms with Crippen molar-refractivity contribution in [2.75, 3.05) is 0 Å². The largest absolute Gasteiger partial charge is 0.185 e. The zero-order valence-electron chi connectivity index (χ0n) is 7.41. The normalized spacial score (nSPS) is 11.9. The Bertz CT molecular complexity index is 196. The van der Waals surface area contributed by atoms with Gasteiger partial charge in [0.1, 0.15) is 0 Å². The van der Waals surface area contributed by atoms with Gasteiger partial charge >= 0.3 is 0 Å². The Morgan fingerprint density at radius 1 is 1.18 bits per heavy atom. The smallest absolute Gasteiger partial charge is 0.0693 e. The molecule has 11 heavy (non-hydrogen) atoms. The molecule has 0 spiro atoms. The Hall–Kier alpha value is -0.860. The molecule has 0 radical (unpaired) electrons. The van der Waals surface area contributed by atoms with Crippen LogP contribution in [0.4, 0.5) is 0 Å². The van der Waals surface area contributed by atoms with E-state index >= 15 is 0 Å². The summed E-state index contributed by atoms with van der Waals surface area (Å²) in [5.41, 5.74) is 0.369. The Morgan fingerprint density at radius 3 is 2.18 bits per heavy atom. The molecule has 1 rings (SSSR count). The Kier molecular flexibility index (Phi) is 2.27. The van der Waals surface area contributed by atoms with E-state index in [0.717, 1.165) is 13.0 Å². The van der Waals surface area contributed by atoms with E-state index in [9.17, 15) is 0 Å². The van der Waals surface area contributed by atoms with Gasteiger partial charge in [-0.15, -0.1) is 0 Å². The van der Waals surface area contributed by atoms with Gasteiger partial charge in [0.2, 0.25) is 0 Å². The van der Waals surface area contributed by atoms with Crippen LogP contribution in [-0.4, -0.2) is 15.0 Å². The molecule has 0 saturated carbocycles. The number of nitrogens with zero attached hydrogens (tertiary/aromatic N) is 3. The zero-order valence-corrected chi connectivity index (χ0v) is 7.41. The van der Waals surface area contributed by atoms with E-state index in [-0.39, 0.29) is 0 Å². The standard InChI is InChI=1S/C8H15N3/c1-8(2,3)4-7-11-9-5-6-10-11/h5-6H,4,7H2,1-3H3. The van der Waals surface area contributed by atoms with Gasteiger partial charge in [-0.3, -0.25) is 0 Å². The van der Waals surface area contributed by atoms with Crippen molar-refractivity contribution in [2.24, 2.45) is 5.41 Å². The summed E-state index contributed by atoms with van der Waals surface area (Å²) in [5, 5.41) is 8.05. The van der Waals surface area contributed by atoms with Gasteiger partial charge in [-0.1, -0.05) is 20.8 Å². The maximum absolute atomic E-state index is 4.02. The molecule has 62 valence electrons. The highest BCUT2D eigenvalue weighted by Gasteiger charge is 2.09. The van der Waals surface area contributed by atoms with Gasteiger partial charge in [-0.05, 0) is 11.8 Å². The molecule has 0 aliphatic heterocycles. The number of hydrogen-bond donors (Lipinski definition) is 0. The Morgan fingerprint density at radius 2 is 1.73 bits per heavy atom. The molecule has 0 aliphatic rings. The van der Waals surface area contributed by atoms with Gasteiger partial charge in [0, 0.05) is 0 Å². The third kappa shape index (κ3) is 3.16. The monoisotopic (exact) mass is 153 g/mol. The van der Waals surface area contributed by atoms with Crippen molar-refractivity contribution in [1.29, 1.82) is 0 Å². The Labute approximate surface area is 67.4 Å². The summed E-state index contributed by atoms with van der Waals surface area (Å²) in [6.45, 7) is 7.57. The van der Waals surface area contributed by atoms with Crippen LogP contribution in [0.3, 0.4) is 0 Å². The minimum absolute atomic E-state index is 0.369. The van der Waals surface area contributed by atoms with E-state index in [1.165, 1.54) is 0 Å². The molecule has 0 atom stereocenters. The lowest BCUT2D eigenvalue weighted by Gasteiger charge is -2.16. The molecule has 0 unspecified atom stereocenters. The van der Waals surface area contributed by atoms with Gasteiger partial charge < -0.3 is 0 Å². The van der Waals surface area contributed by atoms with Gasteiger partial charge in [0.05, 0.1) is 18.9 Å². The molecule has 0 aromatic carbocycles. The van der Waals surface area contributed by atoms with Crippen LogP contribution < -0.4 is 0 Å². The van der Waals surface area contributed by atoms with Gasteiger partial charge in [-0.25, -0.2) is 0 Å². The van der Waals surface area contributed by atoms with Crippen molar-refractivity contribution < 1.29 is 0 Å². The number of aromatic nitrogens is 3. The summed E-state index contributed by atoms with van der Waals surface area (Å²) in [4.78, 5) is 1.73. The molecule has 3 heteroatoms. The highest BCUT2D eigenvalue weighted by Crippen LogP contribution is 2.18. The first-order chi connectivity index (χ1) is 5.08. The molecule has 0 amide bonds. The van der Waals surface area contributed by atoms with E-state index in [1.54, 1.807) is 17.2 Å². The minimum Gasteiger partial charge on any atom is -0.185 e. The predicted molar refractivity (Wildman–Crippen MR) is 44.1 cm³/mol. The second kappa shape index (κ2) is 3.03. The van der Waals surface area contributed by atoms with Crippen LogP contribution in [0, 0.1) is 5.41 Å². The molecule has 1 aromatic heterocycles. The van der Waals surface area contributed by atoms with Crippen molar-refractivity contribution >= 4 is 0 Å². The molecule has 1 aromatic rings. The third-order valence-electron chi connectivity index (χ3n) is 1.53. The van der Waals surface area contributed by atoms with Crippen LogP contribution in [0.2, 0.25) is 0 Å². The van der Waals surface area contributed by atoms with Crippen molar-refractivity contribution in [3.8, 4) is 0 Å². The summed E-state index contributed by atoms with van der Waals surface area (Å²) < 4.78 is 0. The Balaban J connectivity index is 2.35. The topological polar surface area (TPSA) is 30.7 Å². The molecule has 0 fully saturated rings. The first-order valence-corrected chi connectivity index (χ1v) is 3.92. The first kappa shape index (κ1) is 8.24. The third-order valence-corrected chi connectivity index (χ3v) is 1.53. The van der Waals surface area contributed by atoms with Crippen LogP contribution in [0.15, 0.2) is 12.4 Å². The van der Waals surface area contributed by atoms with Crippen molar-refractivity contribution in [3.05, 3.63) is 12.4 Å². The van der Waals surface area contributed by atoms with Crippen LogP contribution in [0.5, 0.6) is 0 Å². The zero-order chi connectivity index (χ0) is 8.32. The van der Waals surface area contributed by atoms with Crippen LogP contribution in [0.25, 0.3) is 0 Å². The number of rotatable bonds is 2. The van der Waals surface area contributed by atoms with Crippen molar-refractivity contribution in [2.45, 2.75) is 33.7 Å². The molecular weight excluding hydrogens is 138 g/mol. The first-order valence-electron chi connectivity index (χ1n) is 3.92. The summed E-state index contributed by atoms with van der Waals surface area (Å²) in [5.74, 6) is 0. The molecule has 0 N–H and O–H groups in total. The quantitative estimate of drug-likeness (QED) is 0.647. The maximum atomic E-state index is 4.02. The summed E-state index contributed by atoms with van der Waals surface area (Å²) in [6, 6.07) is 0. The van der Waals surface area contributed by atoms with Gasteiger partial charge in [0.25, 0.3) is 0 Å². The molecule has 0 aliphatic carbocycles. The van der Waals surface area contributed by atoms with E-state index in [4.69, 9.17) is 0 Å². The average Bonchev–Trinajstić information content (AvgIpc) is 2.32. The molecular formula is C8H15N3. The van der Waals surface area contributed by atoms with Crippen LogP contribution in [0.1, 0.15) is 27.2 Å². The summed E-state index contributed by atoms with van der Waals surface area (Å²) in [7, 11) is 0. The fraction of sp³-hybridized carbons (Fsp3) is 0.750. The maximum Gasteiger partial charge on any atom is 0.0693 e. The lowest BCUT2D eigenvalue weighted by atomic mass is 9.92. The number of aryl methyl sites for hydroxylation is 1. The second-order valence-electron chi connectivity index (χ2n) is 3.94. The minimum atomic E-state index is 0.369. The van der Waals surface area contributed by atoms with Gasteiger partial charge in [-0.2, -0.15) is 15.0 Å². The van der Waals surface area contributed by atoms with E-state index < -0.39 is 0 Å². The fourth-order valence-electron chi connectivity index (χ4n) is 0.794. The van der Waals surface area contributed by atoms with Crippen LogP contribution in [-0.2, 0) is 6.54 Å². The lowest BCUT2D eigenvalue weighted by Crippen LogP contribution is -2.11. The van der Waals surface area contributed by atoms with Gasteiger partial charge in [0.15, 0.2) is 0 Å². The molecule has 1 heterocycles.